The molecule has 0 bridgehead atoms. The largest absolute Gasteiger partial charge is 0.508 e. The number of nitrogens with two attached hydrogens (primary N) is 1. The molecule has 0 aliphatic carbocycles. The Morgan fingerprint density at radius 3 is 2.52 bits per heavy atom. The summed E-state index contributed by atoms with van der Waals surface area (Å²) in [5.41, 5.74) is 9.59. The summed E-state index contributed by atoms with van der Waals surface area (Å²) >= 11 is 1.62. The van der Waals surface area contributed by atoms with E-state index in [-0.39, 0.29) is 11.4 Å². The standard InChI is InChI=1S/C21H17N3O2S/c1-12-10-13(6-8-18(12)25)19-9-7-14(27-19)11-17-20(21(22)26)24-16-5-3-2-4-15(16)23-17/h2-10,25H,11H2,1H3,(H2,22,26). The van der Waals surface area contributed by atoms with Crippen LogP contribution in [0, 0.1) is 6.92 Å². The van der Waals surface area contributed by atoms with Gasteiger partial charge in [0.25, 0.3) is 5.91 Å². The monoisotopic (exact) mass is 375 g/mol. The van der Waals surface area contributed by atoms with E-state index in [1.165, 1.54) is 0 Å². The molecule has 0 aliphatic heterocycles. The molecule has 0 radical (unpaired) electrons. The topological polar surface area (TPSA) is 89.1 Å². The maximum absolute atomic E-state index is 11.9. The molecular weight excluding hydrogens is 358 g/mol. The number of primary amides is 1. The number of carbonyl (C=O) groups excluding carboxylic acids is 1. The quantitative estimate of drug-likeness (QED) is 0.563. The average molecular weight is 375 g/mol. The third-order valence-corrected chi connectivity index (χ3v) is 5.50. The summed E-state index contributed by atoms with van der Waals surface area (Å²) in [5.74, 6) is -0.290. The minimum Gasteiger partial charge on any atom is -0.508 e. The molecular formula is C21H17N3O2S. The second-order valence-electron chi connectivity index (χ2n) is 6.32. The number of aryl methyl sites for hydroxylation is 1. The Morgan fingerprint density at radius 2 is 1.81 bits per heavy atom. The van der Waals surface area contributed by atoms with Crippen LogP contribution >= 0.6 is 11.3 Å². The van der Waals surface area contributed by atoms with E-state index in [2.05, 4.69) is 9.97 Å². The van der Waals surface area contributed by atoms with E-state index < -0.39 is 5.91 Å². The molecule has 0 saturated carbocycles. The third-order valence-electron chi connectivity index (χ3n) is 4.36. The molecule has 1 amide bonds. The van der Waals surface area contributed by atoms with Gasteiger partial charge in [-0.3, -0.25) is 4.79 Å². The number of rotatable bonds is 4. The lowest BCUT2D eigenvalue weighted by atomic mass is 10.1. The maximum Gasteiger partial charge on any atom is 0.269 e. The van der Waals surface area contributed by atoms with Crippen molar-refractivity contribution in [3.63, 3.8) is 0 Å². The highest BCUT2D eigenvalue weighted by Crippen LogP contribution is 2.32. The smallest absolute Gasteiger partial charge is 0.269 e. The highest BCUT2D eigenvalue weighted by molar-refractivity contribution is 7.15. The van der Waals surface area contributed by atoms with E-state index in [0.29, 0.717) is 17.6 Å². The SMILES string of the molecule is Cc1cc(-c2ccc(Cc3nc4ccccc4nc3C(N)=O)s2)ccc1O. The second-order valence-corrected chi connectivity index (χ2v) is 7.48. The molecule has 6 heteroatoms. The number of hydrogen-bond donors (Lipinski definition) is 2. The number of phenols is 1. The molecule has 27 heavy (non-hydrogen) atoms. The van der Waals surface area contributed by atoms with Crippen LogP contribution < -0.4 is 5.73 Å². The Bertz CT molecular complexity index is 1170. The van der Waals surface area contributed by atoms with Crippen LogP contribution in [0.15, 0.2) is 54.6 Å². The molecule has 0 fully saturated rings. The Labute approximate surface area is 160 Å². The van der Waals surface area contributed by atoms with Crippen LogP contribution in [0.3, 0.4) is 0 Å². The first-order valence-corrected chi connectivity index (χ1v) is 9.27. The van der Waals surface area contributed by atoms with Gasteiger partial charge < -0.3 is 10.8 Å². The predicted octanol–water partition coefficient (Wildman–Crippen LogP) is 4.06. The number of aromatic nitrogens is 2. The fourth-order valence-electron chi connectivity index (χ4n) is 2.96. The molecule has 2 aromatic heterocycles. The van der Waals surface area contributed by atoms with Crippen molar-refractivity contribution in [1.82, 2.24) is 9.97 Å². The number of fused-ring (bicyclic) bond motifs is 1. The van der Waals surface area contributed by atoms with Crippen molar-refractivity contribution >= 4 is 28.3 Å². The zero-order valence-corrected chi connectivity index (χ0v) is 15.5. The van der Waals surface area contributed by atoms with E-state index >= 15 is 0 Å². The minimum atomic E-state index is -0.575. The lowest BCUT2D eigenvalue weighted by molar-refractivity contribution is 0.0994. The van der Waals surface area contributed by atoms with Crippen LogP contribution in [-0.2, 0) is 6.42 Å². The van der Waals surface area contributed by atoms with Crippen molar-refractivity contribution in [2.75, 3.05) is 0 Å². The highest BCUT2D eigenvalue weighted by atomic mass is 32.1. The summed E-state index contributed by atoms with van der Waals surface area (Å²) in [6.45, 7) is 1.87. The number of phenolic OH excluding ortho intramolecular Hbond substituents is 1. The van der Waals surface area contributed by atoms with Gasteiger partial charge in [-0.1, -0.05) is 12.1 Å². The van der Waals surface area contributed by atoms with Crippen LogP contribution in [0.2, 0.25) is 0 Å². The van der Waals surface area contributed by atoms with Crippen LogP contribution in [-0.4, -0.2) is 21.0 Å². The molecule has 2 heterocycles. The molecule has 0 aliphatic rings. The van der Waals surface area contributed by atoms with Crippen molar-refractivity contribution < 1.29 is 9.90 Å². The second kappa shape index (κ2) is 6.81. The third kappa shape index (κ3) is 3.39. The average Bonchev–Trinajstić information content (AvgIpc) is 3.12. The zero-order valence-electron chi connectivity index (χ0n) is 14.6. The maximum atomic E-state index is 11.9. The molecule has 2 aromatic carbocycles. The van der Waals surface area contributed by atoms with E-state index in [1.54, 1.807) is 17.4 Å². The number of thiophene rings is 1. The van der Waals surface area contributed by atoms with Gasteiger partial charge in [0.1, 0.15) is 5.75 Å². The van der Waals surface area contributed by atoms with Gasteiger partial charge in [-0.05, 0) is 60.5 Å². The zero-order chi connectivity index (χ0) is 19.0. The molecule has 134 valence electrons. The van der Waals surface area contributed by atoms with Crippen molar-refractivity contribution in [2.45, 2.75) is 13.3 Å². The molecule has 5 nitrogen and oxygen atoms in total. The van der Waals surface area contributed by atoms with E-state index in [9.17, 15) is 9.90 Å². The lowest BCUT2D eigenvalue weighted by Gasteiger charge is -2.06. The number of carbonyl (C=O) groups is 1. The lowest BCUT2D eigenvalue weighted by Crippen LogP contribution is -2.17. The summed E-state index contributed by atoms with van der Waals surface area (Å²) in [4.78, 5) is 23.0. The molecule has 0 saturated heterocycles. The number of para-hydroxylation sites is 2. The highest BCUT2D eigenvalue weighted by Gasteiger charge is 2.15. The summed E-state index contributed by atoms with van der Waals surface area (Å²) in [5, 5.41) is 9.70. The van der Waals surface area contributed by atoms with Gasteiger partial charge in [-0.15, -0.1) is 11.3 Å². The molecule has 3 N–H and O–H groups in total. The molecule has 4 rings (SSSR count). The van der Waals surface area contributed by atoms with Crippen molar-refractivity contribution in [3.8, 4) is 16.2 Å². The number of nitrogens with zero attached hydrogens (tertiary/aromatic N) is 2. The first-order valence-electron chi connectivity index (χ1n) is 8.45. The number of aromatic hydroxyl groups is 1. The van der Waals surface area contributed by atoms with Gasteiger partial charge in [-0.25, -0.2) is 9.97 Å². The summed E-state index contributed by atoms with van der Waals surface area (Å²) < 4.78 is 0. The van der Waals surface area contributed by atoms with Crippen LogP contribution in [0.1, 0.15) is 26.6 Å². The normalized spacial score (nSPS) is 11.0. The van der Waals surface area contributed by atoms with Gasteiger partial charge in [0.05, 0.1) is 16.7 Å². The predicted molar refractivity (Wildman–Crippen MR) is 107 cm³/mol. The molecule has 4 aromatic rings. The van der Waals surface area contributed by atoms with E-state index in [4.69, 9.17) is 5.73 Å². The molecule has 0 unspecified atom stereocenters. The number of amides is 1. The fraction of sp³-hybridized carbons (Fsp3) is 0.0952. The Balaban J connectivity index is 1.70. The van der Waals surface area contributed by atoms with Gasteiger partial charge in [-0.2, -0.15) is 0 Å². The van der Waals surface area contributed by atoms with Crippen molar-refractivity contribution in [2.24, 2.45) is 5.73 Å². The van der Waals surface area contributed by atoms with E-state index in [1.807, 2.05) is 55.5 Å². The molecule has 0 atom stereocenters. The van der Waals surface area contributed by atoms with Crippen LogP contribution in [0.25, 0.3) is 21.5 Å². The first kappa shape index (κ1) is 17.2. The first-order chi connectivity index (χ1) is 13.0. The summed E-state index contributed by atoms with van der Waals surface area (Å²) in [6.07, 6.45) is 0.484. The van der Waals surface area contributed by atoms with Gasteiger partial charge in [0.15, 0.2) is 5.69 Å². The van der Waals surface area contributed by atoms with Crippen LogP contribution in [0.4, 0.5) is 0 Å². The van der Waals surface area contributed by atoms with Gasteiger partial charge in [0.2, 0.25) is 0 Å². The fourth-order valence-corrected chi connectivity index (χ4v) is 3.97. The van der Waals surface area contributed by atoms with E-state index in [0.717, 1.165) is 26.4 Å². The number of benzene rings is 2. The Morgan fingerprint density at radius 1 is 1.07 bits per heavy atom. The van der Waals surface area contributed by atoms with Crippen molar-refractivity contribution in [1.29, 1.82) is 0 Å². The Hall–Kier alpha value is -3.25. The summed E-state index contributed by atoms with van der Waals surface area (Å²) in [7, 11) is 0. The molecule has 0 spiro atoms. The van der Waals surface area contributed by atoms with Gasteiger partial charge in [0, 0.05) is 16.2 Å². The van der Waals surface area contributed by atoms with Gasteiger partial charge >= 0.3 is 0 Å². The summed E-state index contributed by atoms with van der Waals surface area (Å²) in [6, 6.07) is 17.0. The Kier molecular flexibility index (Phi) is 4.33. The minimum absolute atomic E-state index is 0.212. The number of hydrogen-bond acceptors (Lipinski definition) is 5. The van der Waals surface area contributed by atoms with Crippen LogP contribution in [0.5, 0.6) is 5.75 Å². The van der Waals surface area contributed by atoms with Crippen molar-refractivity contribution in [3.05, 3.63) is 76.4 Å².